The third-order valence-electron chi connectivity index (χ3n) is 3.83. The first kappa shape index (κ1) is 17.2. The summed E-state index contributed by atoms with van der Waals surface area (Å²) in [4.78, 5) is 21.6. The lowest BCUT2D eigenvalue weighted by atomic mass is 10.1. The zero-order valence-corrected chi connectivity index (χ0v) is 12.8. The number of aromatic hydroxyl groups is 1. The minimum absolute atomic E-state index is 0.0142. The molecule has 0 saturated carbocycles. The molecule has 3 aromatic rings. The van der Waals surface area contributed by atoms with Gasteiger partial charge in [0.15, 0.2) is 0 Å². The molecule has 1 heterocycles. The van der Waals surface area contributed by atoms with E-state index in [1.54, 1.807) is 0 Å². The SMILES string of the molecule is N#Cc1cn(-c2ccc(C(=O)N=O)c(O)c2)c2ccc(C(F)(F)F)cc12. The van der Waals surface area contributed by atoms with Gasteiger partial charge in [-0.05, 0) is 30.3 Å². The number of halogens is 3. The number of alkyl halides is 3. The number of carbonyl (C=O) groups excluding carboxylic acids is 1. The molecule has 26 heavy (non-hydrogen) atoms. The van der Waals surface area contributed by atoms with Crippen LogP contribution in [0.5, 0.6) is 5.75 Å². The molecule has 0 bridgehead atoms. The fourth-order valence-corrected chi connectivity index (χ4v) is 2.61. The molecule has 1 amide bonds. The number of aromatic nitrogens is 1. The van der Waals surface area contributed by atoms with Gasteiger partial charge in [0, 0.05) is 28.5 Å². The number of nitrogens with zero attached hydrogens (tertiary/aromatic N) is 3. The molecule has 0 fully saturated rings. The summed E-state index contributed by atoms with van der Waals surface area (Å²) in [5.41, 5.74) is -0.585. The molecular weight excluding hydrogens is 351 g/mol. The molecule has 0 saturated heterocycles. The molecule has 1 aromatic heterocycles. The predicted octanol–water partition coefficient (Wildman–Crippen LogP) is 4.13. The van der Waals surface area contributed by atoms with Crippen molar-refractivity contribution in [3.05, 3.63) is 64.2 Å². The summed E-state index contributed by atoms with van der Waals surface area (Å²) < 4.78 is 40.1. The third kappa shape index (κ3) is 2.77. The van der Waals surface area contributed by atoms with E-state index in [0.29, 0.717) is 5.52 Å². The average molecular weight is 359 g/mol. The molecule has 1 N–H and O–H groups in total. The highest BCUT2D eigenvalue weighted by molar-refractivity contribution is 5.97. The summed E-state index contributed by atoms with van der Waals surface area (Å²) in [6.45, 7) is 0. The summed E-state index contributed by atoms with van der Waals surface area (Å²) in [5, 5.41) is 21.4. The van der Waals surface area contributed by atoms with Crippen LogP contribution in [0, 0.1) is 16.2 Å². The molecule has 0 atom stereocenters. The summed E-state index contributed by atoms with van der Waals surface area (Å²) >= 11 is 0. The number of hydrogen-bond acceptors (Lipinski definition) is 4. The van der Waals surface area contributed by atoms with E-state index in [1.165, 1.54) is 22.9 Å². The summed E-state index contributed by atoms with van der Waals surface area (Å²) in [5.74, 6) is -1.67. The number of phenols is 1. The van der Waals surface area contributed by atoms with Crippen molar-refractivity contribution in [1.82, 2.24) is 4.57 Å². The van der Waals surface area contributed by atoms with Gasteiger partial charge >= 0.3 is 12.1 Å². The molecule has 9 heteroatoms. The fraction of sp³-hybridized carbons (Fsp3) is 0.0588. The Morgan fingerprint density at radius 1 is 1.19 bits per heavy atom. The van der Waals surface area contributed by atoms with Gasteiger partial charge in [0.2, 0.25) is 0 Å². The van der Waals surface area contributed by atoms with Crippen molar-refractivity contribution in [2.75, 3.05) is 0 Å². The zero-order chi connectivity index (χ0) is 19.1. The van der Waals surface area contributed by atoms with E-state index in [2.05, 4.69) is 5.18 Å². The number of amides is 1. The Morgan fingerprint density at radius 2 is 1.92 bits per heavy atom. The van der Waals surface area contributed by atoms with Crippen LogP contribution in [-0.2, 0) is 6.18 Å². The smallest absolute Gasteiger partial charge is 0.416 e. The largest absolute Gasteiger partial charge is 0.507 e. The van der Waals surface area contributed by atoms with Gasteiger partial charge in [0.25, 0.3) is 0 Å². The van der Waals surface area contributed by atoms with E-state index in [9.17, 15) is 33.2 Å². The minimum atomic E-state index is -4.55. The van der Waals surface area contributed by atoms with Crippen molar-refractivity contribution in [1.29, 1.82) is 5.26 Å². The quantitative estimate of drug-likeness (QED) is 0.696. The molecule has 0 aliphatic carbocycles. The maximum absolute atomic E-state index is 12.9. The van der Waals surface area contributed by atoms with Gasteiger partial charge in [-0.3, -0.25) is 4.79 Å². The molecule has 0 aliphatic rings. The number of fused-ring (bicyclic) bond motifs is 1. The van der Waals surface area contributed by atoms with Gasteiger partial charge in [-0.15, -0.1) is 4.91 Å². The highest BCUT2D eigenvalue weighted by Crippen LogP contribution is 2.34. The Bertz CT molecular complexity index is 1090. The average Bonchev–Trinajstić information content (AvgIpc) is 2.98. The molecule has 2 aromatic carbocycles. The van der Waals surface area contributed by atoms with Gasteiger partial charge in [0.1, 0.15) is 11.8 Å². The number of benzene rings is 2. The van der Waals surface area contributed by atoms with Crippen LogP contribution in [0.25, 0.3) is 16.6 Å². The third-order valence-corrected chi connectivity index (χ3v) is 3.83. The number of phenolic OH excluding ortho intramolecular Hbond substituents is 1. The molecule has 0 spiro atoms. The Labute approximate surface area is 143 Å². The lowest BCUT2D eigenvalue weighted by Crippen LogP contribution is -2.04. The highest BCUT2D eigenvalue weighted by Gasteiger charge is 2.31. The lowest BCUT2D eigenvalue weighted by Gasteiger charge is -2.09. The molecular formula is C17H8F3N3O3. The van der Waals surface area contributed by atoms with Crippen molar-refractivity contribution >= 4 is 16.8 Å². The second kappa shape index (κ2) is 6.00. The molecule has 3 rings (SSSR count). The second-order valence-electron chi connectivity index (χ2n) is 5.35. The van der Waals surface area contributed by atoms with Gasteiger partial charge in [-0.2, -0.15) is 18.4 Å². The predicted molar refractivity (Wildman–Crippen MR) is 84.8 cm³/mol. The monoisotopic (exact) mass is 359 g/mol. The number of nitriles is 1. The van der Waals surface area contributed by atoms with Gasteiger partial charge in [-0.25, -0.2) is 0 Å². The summed E-state index contributed by atoms with van der Waals surface area (Å²) in [6, 6.07) is 8.48. The van der Waals surface area contributed by atoms with E-state index < -0.39 is 23.4 Å². The van der Waals surface area contributed by atoms with Crippen LogP contribution >= 0.6 is 0 Å². The van der Waals surface area contributed by atoms with Crippen LogP contribution < -0.4 is 0 Å². The summed E-state index contributed by atoms with van der Waals surface area (Å²) in [6.07, 6.45) is -3.23. The molecule has 130 valence electrons. The van der Waals surface area contributed by atoms with Crippen LogP contribution in [0.15, 0.2) is 47.8 Å². The van der Waals surface area contributed by atoms with E-state index >= 15 is 0 Å². The van der Waals surface area contributed by atoms with E-state index in [1.807, 2.05) is 6.07 Å². The van der Waals surface area contributed by atoms with Gasteiger partial charge in [-0.1, -0.05) is 0 Å². The topological polar surface area (TPSA) is 95.5 Å². The molecule has 0 radical (unpaired) electrons. The van der Waals surface area contributed by atoms with Crippen molar-refractivity contribution in [3.63, 3.8) is 0 Å². The van der Waals surface area contributed by atoms with Crippen LogP contribution in [0.1, 0.15) is 21.5 Å². The Kier molecular flexibility index (Phi) is 3.96. The summed E-state index contributed by atoms with van der Waals surface area (Å²) in [7, 11) is 0. The highest BCUT2D eigenvalue weighted by atomic mass is 19.4. The number of nitroso groups, excluding NO2 is 1. The van der Waals surface area contributed by atoms with Crippen molar-refractivity contribution < 1.29 is 23.1 Å². The van der Waals surface area contributed by atoms with E-state index in [-0.39, 0.29) is 22.2 Å². The zero-order valence-electron chi connectivity index (χ0n) is 12.8. The van der Waals surface area contributed by atoms with Gasteiger partial charge in [0.05, 0.1) is 22.2 Å². The molecule has 6 nitrogen and oxygen atoms in total. The Hall–Kier alpha value is -3.67. The van der Waals surface area contributed by atoms with Crippen LogP contribution in [-0.4, -0.2) is 15.6 Å². The second-order valence-corrected chi connectivity index (χ2v) is 5.35. The first-order chi connectivity index (χ1) is 12.3. The van der Waals surface area contributed by atoms with Crippen molar-refractivity contribution in [2.45, 2.75) is 6.18 Å². The number of rotatable bonds is 2. The lowest BCUT2D eigenvalue weighted by molar-refractivity contribution is -0.137. The van der Waals surface area contributed by atoms with Crippen molar-refractivity contribution in [2.24, 2.45) is 5.18 Å². The molecule has 0 unspecified atom stereocenters. The first-order valence-corrected chi connectivity index (χ1v) is 7.09. The maximum Gasteiger partial charge on any atom is 0.416 e. The number of hydrogen-bond donors (Lipinski definition) is 1. The minimum Gasteiger partial charge on any atom is -0.507 e. The first-order valence-electron chi connectivity index (χ1n) is 7.09. The van der Waals surface area contributed by atoms with Crippen LogP contribution in [0.4, 0.5) is 13.2 Å². The van der Waals surface area contributed by atoms with E-state index in [0.717, 1.165) is 24.3 Å². The van der Waals surface area contributed by atoms with Crippen molar-refractivity contribution in [3.8, 4) is 17.5 Å². The fourth-order valence-electron chi connectivity index (χ4n) is 2.61. The van der Waals surface area contributed by atoms with Crippen LogP contribution in [0.3, 0.4) is 0 Å². The number of carbonyl (C=O) groups is 1. The Balaban J connectivity index is 2.20. The maximum atomic E-state index is 12.9. The molecule has 0 aliphatic heterocycles. The Morgan fingerprint density at radius 3 is 2.50 bits per heavy atom. The van der Waals surface area contributed by atoms with Crippen LogP contribution in [0.2, 0.25) is 0 Å². The normalized spacial score (nSPS) is 11.3. The standard InChI is InChI=1S/C17H8F3N3O3/c18-17(19,20)10-1-4-14-13(5-10)9(7-21)8-23(14)11-2-3-12(15(24)6-11)16(25)22-26/h1-6,8,24H. The van der Waals surface area contributed by atoms with E-state index in [4.69, 9.17) is 0 Å². The van der Waals surface area contributed by atoms with Gasteiger partial charge < -0.3 is 9.67 Å².